The van der Waals surface area contributed by atoms with E-state index in [0.29, 0.717) is 36.6 Å². The molecule has 3 aromatic rings. The Balaban J connectivity index is 0.00000251. The smallest absolute Gasteiger partial charge is 0.508 e. The molecule has 0 bridgehead atoms. The SMILES string of the molecule is CC.[CH2-]/C=C(/C(=O)OCc1ccccc1)c1[c-]c(OCc2ccccc2)cc(NCCCN2CCN(C(=O)OC(C)(C)C)CC2)c1.[K+]. The van der Waals surface area contributed by atoms with E-state index in [-0.39, 0.29) is 64.1 Å². The summed E-state index contributed by atoms with van der Waals surface area (Å²) in [4.78, 5) is 29.6. The molecule has 47 heavy (non-hydrogen) atoms. The van der Waals surface area contributed by atoms with Crippen LogP contribution in [0.15, 0.2) is 78.9 Å². The Kier molecular flexibility index (Phi) is 18.2. The Morgan fingerprint density at radius 1 is 0.915 bits per heavy atom. The van der Waals surface area contributed by atoms with Crippen LogP contribution in [0.1, 0.15) is 57.7 Å². The molecular weight excluding hydrogens is 618 g/mol. The minimum atomic E-state index is -0.492. The largest absolute Gasteiger partial charge is 1.00 e. The van der Waals surface area contributed by atoms with Crippen molar-refractivity contribution < 1.29 is 75.2 Å². The number of anilines is 1. The van der Waals surface area contributed by atoms with Gasteiger partial charge in [0.05, 0.1) is 0 Å². The average molecular weight is 667 g/mol. The average Bonchev–Trinajstić information content (AvgIpc) is 3.06. The van der Waals surface area contributed by atoms with Gasteiger partial charge in [-0.3, -0.25) is 9.69 Å². The van der Waals surface area contributed by atoms with E-state index in [0.717, 1.165) is 49.4 Å². The van der Waals surface area contributed by atoms with E-state index in [4.69, 9.17) is 14.2 Å². The van der Waals surface area contributed by atoms with Crippen molar-refractivity contribution in [2.24, 2.45) is 0 Å². The number of rotatable bonds is 12. The van der Waals surface area contributed by atoms with Crippen LogP contribution in [0.3, 0.4) is 0 Å². The Bertz CT molecular complexity index is 1390. The van der Waals surface area contributed by atoms with Gasteiger partial charge >= 0.3 is 57.5 Å². The van der Waals surface area contributed by atoms with E-state index >= 15 is 0 Å². The van der Waals surface area contributed by atoms with Crippen LogP contribution in [0.2, 0.25) is 0 Å². The third-order valence-corrected chi connectivity index (χ3v) is 7.01. The number of esters is 1. The minimum absolute atomic E-state index is 0. The fraction of sp³-hybridized carbons (Fsp3) is 0.395. The summed E-state index contributed by atoms with van der Waals surface area (Å²) in [6.45, 7) is 18.6. The summed E-state index contributed by atoms with van der Waals surface area (Å²) in [6.07, 6.45) is 2.15. The van der Waals surface area contributed by atoms with Crippen LogP contribution in [-0.4, -0.2) is 66.7 Å². The van der Waals surface area contributed by atoms with Crippen molar-refractivity contribution in [2.45, 2.75) is 59.9 Å². The molecule has 1 fully saturated rings. The van der Waals surface area contributed by atoms with Crippen LogP contribution in [-0.2, 0) is 27.5 Å². The zero-order chi connectivity index (χ0) is 33.4. The summed E-state index contributed by atoms with van der Waals surface area (Å²) < 4.78 is 17.2. The van der Waals surface area contributed by atoms with Gasteiger partial charge in [0.25, 0.3) is 5.97 Å². The van der Waals surface area contributed by atoms with E-state index < -0.39 is 11.6 Å². The standard InChI is InChI=1S/C36H43N3O5.C2H6.K/c1-5-33(34(40)43-27-29-15-10-7-11-16-29)30-23-31(25-32(24-30)42-26-28-13-8-6-9-14-28)37-17-12-18-38-19-21-39(22-20-38)35(41)44-36(2,3)4;1-2;/h5-11,13-16,23,25,37H,1,12,17-22,26-27H2,2-4H3;1-2H3;/q-2;;+1/b33-5+;;. The maximum atomic E-state index is 13.1. The number of nitrogens with one attached hydrogen (secondary N) is 1. The topological polar surface area (TPSA) is 80.3 Å². The molecule has 0 atom stereocenters. The van der Waals surface area contributed by atoms with Crippen molar-refractivity contribution in [3.05, 3.63) is 109 Å². The first-order chi connectivity index (χ1) is 22.2. The van der Waals surface area contributed by atoms with Crippen molar-refractivity contribution in [3.63, 3.8) is 0 Å². The molecule has 0 aromatic heterocycles. The summed E-state index contributed by atoms with van der Waals surface area (Å²) in [6, 6.07) is 26.4. The molecule has 1 amide bonds. The second-order valence-corrected chi connectivity index (χ2v) is 11.7. The minimum Gasteiger partial charge on any atom is -0.508 e. The zero-order valence-electron chi connectivity index (χ0n) is 29.0. The molecule has 0 aliphatic carbocycles. The molecule has 0 saturated carbocycles. The Morgan fingerprint density at radius 3 is 2.09 bits per heavy atom. The zero-order valence-corrected chi connectivity index (χ0v) is 32.1. The van der Waals surface area contributed by atoms with Crippen molar-refractivity contribution >= 4 is 23.3 Å². The fourth-order valence-electron chi connectivity index (χ4n) is 4.72. The first kappa shape index (κ1) is 40.4. The summed E-state index contributed by atoms with van der Waals surface area (Å²) in [7, 11) is 0. The van der Waals surface area contributed by atoms with E-state index in [1.165, 1.54) is 6.08 Å². The number of allylic oxidation sites excluding steroid dienone is 1. The molecule has 3 aromatic carbocycles. The van der Waals surface area contributed by atoms with E-state index in [1.54, 1.807) is 4.90 Å². The number of ether oxygens (including phenoxy) is 3. The van der Waals surface area contributed by atoms with Gasteiger partial charge in [-0.15, -0.1) is 11.6 Å². The number of hydrogen-bond acceptors (Lipinski definition) is 7. The predicted octanol–water partition coefficient (Wildman–Crippen LogP) is 4.41. The molecule has 9 heteroatoms. The third-order valence-electron chi connectivity index (χ3n) is 7.01. The molecule has 0 radical (unpaired) electrons. The van der Waals surface area contributed by atoms with Gasteiger partial charge in [0.1, 0.15) is 18.8 Å². The fourth-order valence-corrected chi connectivity index (χ4v) is 4.72. The molecule has 0 unspecified atom stereocenters. The number of nitrogens with zero attached hydrogens (tertiary/aromatic N) is 2. The number of carbonyl (C=O) groups excluding carboxylic acids is 2. The van der Waals surface area contributed by atoms with Gasteiger partial charge in [-0.1, -0.05) is 86.6 Å². The predicted molar refractivity (Wildman–Crippen MR) is 184 cm³/mol. The number of hydrogen-bond donors (Lipinski definition) is 1. The van der Waals surface area contributed by atoms with Gasteiger partial charge < -0.3 is 24.4 Å². The summed E-state index contributed by atoms with van der Waals surface area (Å²) in [5.74, 6) is 0.0408. The van der Waals surface area contributed by atoms with Crippen LogP contribution >= 0.6 is 0 Å². The molecule has 248 valence electrons. The maximum absolute atomic E-state index is 13.1. The second kappa shape index (κ2) is 21.2. The van der Waals surface area contributed by atoms with Crippen molar-refractivity contribution in [1.82, 2.24) is 9.80 Å². The van der Waals surface area contributed by atoms with Crippen LogP contribution in [0, 0.1) is 13.0 Å². The van der Waals surface area contributed by atoms with Crippen LogP contribution in [0.5, 0.6) is 5.75 Å². The van der Waals surface area contributed by atoms with E-state index in [9.17, 15) is 9.59 Å². The van der Waals surface area contributed by atoms with E-state index in [2.05, 4.69) is 23.2 Å². The first-order valence-electron chi connectivity index (χ1n) is 16.1. The van der Waals surface area contributed by atoms with Gasteiger partial charge in [-0.05, 0) is 56.1 Å². The number of benzene rings is 3. The molecule has 1 aliphatic heterocycles. The molecule has 8 nitrogen and oxygen atoms in total. The van der Waals surface area contributed by atoms with Gasteiger partial charge in [-0.25, -0.2) is 11.7 Å². The van der Waals surface area contributed by atoms with Gasteiger partial charge in [0.15, 0.2) is 0 Å². The first-order valence-corrected chi connectivity index (χ1v) is 16.1. The van der Waals surface area contributed by atoms with Gasteiger partial charge in [0.2, 0.25) is 0 Å². The summed E-state index contributed by atoms with van der Waals surface area (Å²) in [5.41, 5.74) is 3.12. The van der Waals surface area contributed by atoms with Crippen molar-refractivity contribution in [2.75, 3.05) is 44.6 Å². The van der Waals surface area contributed by atoms with Crippen LogP contribution < -0.4 is 61.4 Å². The molecule has 1 saturated heterocycles. The quantitative estimate of drug-likeness (QED) is 0.101. The molecule has 4 rings (SSSR count). The number of carbonyl (C=O) groups is 2. The van der Waals surface area contributed by atoms with E-state index in [1.807, 2.05) is 107 Å². The third kappa shape index (κ3) is 14.5. The van der Waals surface area contributed by atoms with Crippen LogP contribution in [0.4, 0.5) is 10.5 Å². The maximum Gasteiger partial charge on any atom is 1.00 e. The normalized spacial score (nSPS) is 13.4. The Morgan fingerprint density at radius 2 is 1.51 bits per heavy atom. The van der Waals surface area contributed by atoms with Crippen LogP contribution in [0.25, 0.3) is 5.57 Å². The van der Waals surface area contributed by atoms with Crippen molar-refractivity contribution in [1.29, 1.82) is 0 Å². The second-order valence-electron chi connectivity index (χ2n) is 11.7. The molecule has 1 aliphatic rings. The monoisotopic (exact) mass is 666 g/mol. The van der Waals surface area contributed by atoms with Gasteiger partial charge in [-0.2, -0.15) is 6.08 Å². The Labute approximate surface area is 324 Å². The van der Waals surface area contributed by atoms with Crippen molar-refractivity contribution in [3.8, 4) is 5.75 Å². The molecule has 1 heterocycles. The molecular formula is C38H49KN3O5-. The number of amides is 1. The number of piperazine rings is 1. The summed E-state index contributed by atoms with van der Waals surface area (Å²) >= 11 is 0. The molecule has 1 N–H and O–H groups in total. The summed E-state index contributed by atoms with van der Waals surface area (Å²) in [5, 5.41) is 3.48. The molecule has 0 spiro atoms. The van der Waals surface area contributed by atoms with Gasteiger partial charge in [0, 0.05) is 38.5 Å². The Hall–Kier alpha value is -2.79.